The second kappa shape index (κ2) is 3.56. The number of rotatable bonds is 4. The molecule has 0 bridgehead atoms. The average molecular weight is 185 g/mol. The molecule has 2 unspecified atom stereocenters. The van der Waals surface area contributed by atoms with Crippen LogP contribution in [0.25, 0.3) is 0 Å². The standard InChI is InChI=1S/C10H19NO2/c1-10(12,7-11-9-2-3-9)8-4-5-13-6-8/h8-9,11-12H,2-7H2,1H3. The average Bonchev–Trinajstić information content (AvgIpc) is 2.74. The van der Waals surface area contributed by atoms with Crippen LogP contribution in [0.2, 0.25) is 0 Å². The van der Waals surface area contributed by atoms with Crippen LogP contribution in [0.15, 0.2) is 0 Å². The van der Waals surface area contributed by atoms with Crippen molar-refractivity contribution in [3.63, 3.8) is 0 Å². The molecule has 76 valence electrons. The van der Waals surface area contributed by atoms with Crippen LogP contribution in [0.1, 0.15) is 26.2 Å². The third kappa shape index (κ3) is 2.42. The number of aliphatic hydroxyl groups is 1. The smallest absolute Gasteiger partial charge is 0.0794 e. The van der Waals surface area contributed by atoms with Gasteiger partial charge in [0.1, 0.15) is 0 Å². The number of hydrogen-bond donors (Lipinski definition) is 2. The van der Waals surface area contributed by atoms with Crippen molar-refractivity contribution in [2.45, 2.75) is 37.8 Å². The van der Waals surface area contributed by atoms with Crippen LogP contribution in [0.3, 0.4) is 0 Å². The summed E-state index contributed by atoms with van der Waals surface area (Å²) in [5.74, 6) is 0.318. The summed E-state index contributed by atoms with van der Waals surface area (Å²) in [4.78, 5) is 0. The Morgan fingerprint density at radius 3 is 2.77 bits per heavy atom. The lowest BCUT2D eigenvalue weighted by molar-refractivity contribution is -0.00426. The van der Waals surface area contributed by atoms with Crippen LogP contribution >= 0.6 is 0 Å². The summed E-state index contributed by atoms with van der Waals surface area (Å²) >= 11 is 0. The van der Waals surface area contributed by atoms with Crippen molar-refractivity contribution < 1.29 is 9.84 Å². The molecule has 2 rings (SSSR count). The van der Waals surface area contributed by atoms with Gasteiger partial charge in [-0.05, 0) is 26.2 Å². The van der Waals surface area contributed by atoms with E-state index in [1.54, 1.807) is 0 Å². The molecule has 1 heterocycles. The van der Waals surface area contributed by atoms with Gasteiger partial charge in [-0.25, -0.2) is 0 Å². The van der Waals surface area contributed by atoms with E-state index in [4.69, 9.17) is 4.74 Å². The molecule has 3 heteroatoms. The van der Waals surface area contributed by atoms with Crippen LogP contribution in [0.4, 0.5) is 0 Å². The van der Waals surface area contributed by atoms with Gasteiger partial charge >= 0.3 is 0 Å². The first-order valence-electron chi connectivity index (χ1n) is 5.22. The Bertz CT molecular complexity index is 172. The molecular formula is C10H19NO2. The van der Waals surface area contributed by atoms with Gasteiger partial charge in [0.2, 0.25) is 0 Å². The number of hydrogen-bond acceptors (Lipinski definition) is 3. The molecular weight excluding hydrogens is 166 g/mol. The SMILES string of the molecule is CC(O)(CNC1CC1)C1CCOC1. The van der Waals surface area contributed by atoms with Gasteiger partial charge in [-0.15, -0.1) is 0 Å². The zero-order chi connectivity index (χ0) is 9.31. The minimum atomic E-state index is -0.584. The fourth-order valence-corrected chi connectivity index (χ4v) is 1.81. The van der Waals surface area contributed by atoms with Crippen molar-refractivity contribution in [1.82, 2.24) is 5.32 Å². The molecule has 1 saturated carbocycles. The van der Waals surface area contributed by atoms with Gasteiger partial charge in [-0.1, -0.05) is 0 Å². The van der Waals surface area contributed by atoms with Gasteiger partial charge in [-0.2, -0.15) is 0 Å². The molecule has 3 nitrogen and oxygen atoms in total. The highest BCUT2D eigenvalue weighted by Gasteiger charge is 2.35. The van der Waals surface area contributed by atoms with Crippen molar-refractivity contribution in [2.24, 2.45) is 5.92 Å². The molecule has 0 amide bonds. The molecule has 1 aliphatic heterocycles. The van der Waals surface area contributed by atoms with E-state index in [9.17, 15) is 5.11 Å². The molecule has 0 aromatic heterocycles. The second-order valence-corrected chi connectivity index (χ2v) is 4.57. The summed E-state index contributed by atoms with van der Waals surface area (Å²) < 4.78 is 5.28. The first kappa shape index (κ1) is 9.44. The van der Waals surface area contributed by atoms with E-state index in [-0.39, 0.29) is 0 Å². The predicted molar refractivity (Wildman–Crippen MR) is 50.6 cm³/mol. The minimum Gasteiger partial charge on any atom is -0.388 e. The summed E-state index contributed by atoms with van der Waals surface area (Å²) in [6, 6.07) is 0.675. The zero-order valence-corrected chi connectivity index (χ0v) is 8.25. The van der Waals surface area contributed by atoms with E-state index in [1.807, 2.05) is 6.92 Å². The molecule has 1 aliphatic carbocycles. The molecule has 2 atom stereocenters. The Morgan fingerprint density at radius 1 is 1.46 bits per heavy atom. The minimum absolute atomic E-state index is 0.318. The summed E-state index contributed by atoms with van der Waals surface area (Å²) in [6.07, 6.45) is 3.55. The fourth-order valence-electron chi connectivity index (χ4n) is 1.81. The Morgan fingerprint density at radius 2 is 2.23 bits per heavy atom. The van der Waals surface area contributed by atoms with Crippen LogP contribution in [-0.4, -0.2) is 36.5 Å². The quantitative estimate of drug-likeness (QED) is 0.671. The van der Waals surface area contributed by atoms with Gasteiger partial charge in [0.15, 0.2) is 0 Å². The first-order valence-corrected chi connectivity index (χ1v) is 5.22. The lowest BCUT2D eigenvalue weighted by Gasteiger charge is -2.29. The summed E-state index contributed by atoms with van der Waals surface area (Å²) in [7, 11) is 0. The Kier molecular flexibility index (Phi) is 2.58. The first-order chi connectivity index (χ1) is 6.18. The molecule has 2 N–H and O–H groups in total. The fraction of sp³-hybridized carbons (Fsp3) is 1.00. The molecule has 0 spiro atoms. The maximum Gasteiger partial charge on any atom is 0.0794 e. The van der Waals surface area contributed by atoms with Crippen molar-refractivity contribution in [1.29, 1.82) is 0 Å². The molecule has 0 aromatic carbocycles. The van der Waals surface area contributed by atoms with E-state index < -0.39 is 5.60 Å². The Hall–Kier alpha value is -0.120. The van der Waals surface area contributed by atoms with Crippen LogP contribution in [0, 0.1) is 5.92 Å². The highest BCUT2D eigenvalue weighted by atomic mass is 16.5. The maximum absolute atomic E-state index is 10.1. The van der Waals surface area contributed by atoms with Gasteiger partial charge in [0.05, 0.1) is 12.2 Å². The molecule has 2 aliphatic rings. The lowest BCUT2D eigenvalue weighted by atomic mass is 9.88. The van der Waals surface area contributed by atoms with Gasteiger partial charge in [0, 0.05) is 25.1 Å². The topological polar surface area (TPSA) is 41.5 Å². The summed E-state index contributed by atoms with van der Waals surface area (Å²) in [5, 5.41) is 13.5. The molecule has 1 saturated heterocycles. The predicted octanol–water partition coefficient (Wildman–Crippen LogP) is 0.526. The van der Waals surface area contributed by atoms with Crippen LogP contribution < -0.4 is 5.32 Å². The summed E-state index contributed by atoms with van der Waals surface area (Å²) in [6.45, 7) is 4.16. The largest absolute Gasteiger partial charge is 0.388 e. The van der Waals surface area contributed by atoms with Crippen LogP contribution in [0.5, 0.6) is 0 Å². The van der Waals surface area contributed by atoms with E-state index in [0.29, 0.717) is 18.5 Å². The van der Waals surface area contributed by atoms with E-state index in [2.05, 4.69) is 5.32 Å². The van der Waals surface area contributed by atoms with Gasteiger partial charge in [-0.3, -0.25) is 0 Å². The van der Waals surface area contributed by atoms with E-state index in [1.165, 1.54) is 12.8 Å². The zero-order valence-electron chi connectivity index (χ0n) is 8.25. The second-order valence-electron chi connectivity index (χ2n) is 4.57. The molecule has 0 aromatic rings. The highest BCUT2D eigenvalue weighted by molar-refractivity contribution is 4.90. The van der Waals surface area contributed by atoms with Gasteiger partial charge < -0.3 is 15.2 Å². The highest BCUT2D eigenvalue weighted by Crippen LogP contribution is 2.26. The van der Waals surface area contributed by atoms with E-state index in [0.717, 1.165) is 19.6 Å². The maximum atomic E-state index is 10.1. The van der Waals surface area contributed by atoms with Crippen molar-refractivity contribution in [2.75, 3.05) is 19.8 Å². The Balaban J connectivity index is 1.78. The van der Waals surface area contributed by atoms with Gasteiger partial charge in [0.25, 0.3) is 0 Å². The molecule has 2 fully saturated rings. The molecule has 0 radical (unpaired) electrons. The van der Waals surface area contributed by atoms with Crippen molar-refractivity contribution in [3.05, 3.63) is 0 Å². The third-order valence-corrected chi connectivity index (χ3v) is 3.14. The number of ether oxygens (including phenoxy) is 1. The van der Waals surface area contributed by atoms with Crippen molar-refractivity contribution >= 4 is 0 Å². The summed E-state index contributed by atoms with van der Waals surface area (Å²) in [5.41, 5.74) is -0.584. The molecule has 13 heavy (non-hydrogen) atoms. The van der Waals surface area contributed by atoms with Crippen LogP contribution in [-0.2, 0) is 4.74 Å². The van der Waals surface area contributed by atoms with Crippen molar-refractivity contribution in [3.8, 4) is 0 Å². The van der Waals surface area contributed by atoms with E-state index >= 15 is 0 Å². The Labute approximate surface area is 79.5 Å². The third-order valence-electron chi connectivity index (χ3n) is 3.14. The number of nitrogens with one attached hydrogen (secondary N) is 1. The monoisotopic (exact) mass is 185 g/mol. The normalized spacial score (nSPS) is 33.2. The lowest BCUT2D eigenvalue weighted by Crippen LogP contribution is -2.45.